The van der Waals surface area contributed by atoms with E-state index in [1.807, 2.05) is 5.43 Å². The summed E-state index contributed by atoms with van der Waals surface area (Å²) in [7, 11) is 1.47. The first kappa shape index (κ1) is 12.7. The van der Waals surface area contributed by atoms with Crippen LogP contribution in [0.5, 0.6) is 0 Å². The zero-order valence-electron chi connectivity index (χ0n) is 8.60. The van der Waals surface area contributed by atoms with Gasteiger partial charge in [-0.15, -0.1) is 0 Å². The van der Waals surface area contributed by atoms with Gasteiger partial charge in [0.15, 0.2) is 5.16 Å². The second-order valence-electron chi connectivity index (χ2n) is 2.81. The number of methoxy groups -OCH3 is 1. The number of hydrogen-bond acceptors (Lipinski definition) is 6. The molecule has 0 spiro atoms. The lowest BCUT2D eigenvalue weighted by Gasteiger charge is -2.12. The summed E-state index contributed by atoms with van der Waals surface area (Å²) in [5.41, 5.74) is 1.75. The quantitative estimate of drug-likeness (QED) is 0.199. The molecule has 0 fully saturated rings. The summed E-state index contributed by atoms with van der Waals surface area (Å²) in [6, 6.07) is 1.29. The fourth-order valence-corrected chi connectivity index (χ4v) is 1.88. The smallest absolute Gasteiger partial charge is 0.251 e. The van der Waals surface area contributed by atoms with Crippen LogP contribution in [0.25, 0.3) is 0 Å². The number of rotatable bonds is 5. The van der Waals surface area contributed by atoms with Crippen LogP contribution >= 0.6 is 11.8 Å². The van der Waals surface area contributed by atoms with E-state index >= 15 is 0 Å². The highest BCUT2D eigenvalue weighted by Crippen LogP contribution is 2.18. The van der Waals surface area contributed by atoms with Crippen molar-refractivity contribution in [2.75, 3.05) is 13.7 Å². The van der Waals surface area contributed by atoms with Crippen molar-refractivity contribution in [1.29, 1.82) is 0 Å². The van der Waals surface area contributed by atoms with Crippen LogP contribution in [0.4, 0.5) is 0 Å². The number of nitrogens with zero attached hydrogens (tertiary/aromatic N) is 1. The number of carbonyl (C=O) groups is 1. The van der Waals surface area contributed by atoms with Crippen LogP contribution in [0, 0.1) is 0 Å². The number of nitrogens with one attached hydrogen (secondary N) is 2. The van der Waals surface area contributed by atoms with Crippen molar-refractivity contribution in [3.63, 3.8) is 0 Å². The van der Waals surface area contributed by atoms with Crippen molar-refractivity contribution in [2.45, 2.75) is 10.4 Å². The third-order valence-electron chi connectivity index (χ3n) is 1.65. The summed E-state index contributed by atoms with van der Waals surface area (Å²) in [5, 5.41) is -0.210. The summed E-state index contributed by atoms with van der Waals surface area (Å²) in [5.74, 6) is 4.64. The van der Waals surface area contributed by atoms with E-state index in [1.54, 1.807) is 0 Å². The van der Waals surface area contributed by atoms with Gasteiger partial charge in [-0.05, 0) is 0 Å². The van der Waals surface area contributed by atoms with E-state index in [2.05, 4.69) is 9.97 Å². The van der Waals surface area contributed by atoms with Crippen LogP contribution in [0.15, 0.2) is 22.2 Å². The Bertz CT molecular complexity index is 408. The van der Waals surface area contributed by atoms with Gasteiger partial charge in [0.1, 0.15) is 5.25 Å². The van der Waals surface area contributed by atoms with Crippen molar-refractivity contribution < 1.29 is 9.53 Å². The molecule has 7 nitrogen and oxygen atoms in total. The lowest BCUT2D eigenvalue weighted by molar-refractivity contribution is -0.121. The van der Waals surface area contributed by atoms with Gasteiger partial charge < -0.3 is 9.72 Å². The number of nitrogens with two attached hydrogens (primary N) is 1. The van der Waals surface area contributed by atoms with Crippen molar-refractivity contribution >= 4 is 17.7 Å². The van der Waals surface area contributed by atoms with Crippen LogP contribution < -0.4 is 16.8 Å². The van der Waals surface area contributed by atoms with Crippen molar-refractivity contribution in [1.82, 2.24) is 15.4 Å². The number of amides is 1. The summed E-state index contributed by atoms with van der Waals surface area (Å²) in [6.07, 6.45) is 1.37. The summed E-state index contributed by atoms with van der Waals surface area (Å²) >= 11 is 1.08. The fraction of sp³-hybridized carbons (Fsp3) is 0.375. The molecule has 0 saturated heterocycles. The van der Waals surface area contributed by atoms with Crippen LogP contribution in [0.2, 0.25) is 0 Å². The number of ether oxygens (including phenoxy) is 1. The van der Waals surface area contributed by atoms with E-state index in [9.17, 15) is 9.59 Å². The normalized spacial score (nSPS) is 12.1. The highest BCUT2D eigenvalue weighted by atomic mass is 32.2. The second kappa shape index (κ2) is 6.26. The minimum absolute atomic E-state index is 0.173. The standard InChI is InChI=1S/C8H12N4O3S/c1-15-4-5(7(14)12-9)16-8-10-3-2-6(13)11-8/h2-3,5H,4,9H2,1H3,(H,12,14)(H,10,11,13). The Labute approximate surface area is 95.8 Å². The number of aromatic nitrogens is 2. The monoisotopic (exact) mass is 244 g/mol. The van der Waals surface area contributed by atoms with Gasteiger partial charge in [-0.2, -0.15) is 0 Å². The number of carbonyl (C=O) groups excluding carboxylic acids is 1. The molecule has 1 heterocycles. The maximum Gasteiger partial charge on any atom is 0.251 e. The van der Waals surface area contributed by atoms with Gasteiger partial charge in [-0.1, -0.05) is 11.8 Å². The molecular weight excluding hydrogens is 232 g/mol. The molecule has 0 saturated carbocycles. The Kier molecular flexibility index (Phi) is 4.96. The van der Waals surface area contributed by atoms with Gasteiger partial charge in [0.05, 0.1) is 6.61 Å². The van der Waals surface area contributed by atoms with Crippen LogP contribution in [0.3, 0.4) is 0 Å². The minimum atomic E-state index is -0.555. The molecule has 1 unspecified atom stereocenters. The average molecular weight is 244 g/mol. The predicted octanol–water partition coefficient (Wildman–Crippen LogP) is -1.13. The molecule has 88 valence electrons. The molecule has 0 radical (unpaired) electrons. The molecule has 8 heteroatoms. The summed E-state index contributed by atoms with van der Waals surface area (Å²) in [4.78, 5) is 28.7. The third-order valence-corrected chi connectivity index (χ3v) is 2.72. The zero-order chi connectivity index (χ0) is 12.0. The maximum absolute atomic E-state index is 11.3. The molecule has 1 rings (SSSR count). The Morgan fingerprint density at radius 3 is 3.12 bits per heavy atom. The number of hydrogen-bond donors (Lipinski definition) is 3. The van der Waals surface area contributed by atoms with Gasteiger partial charge >= 0.3 is 0 Å². The summed E-state index contributed by atoms with van der Waals surface area (Å²) in [6.45, 7) is 0.173. The molecule has 1 amide bonds. The maximum atomic E-state index is 11.3. The second-order valence-corrected chi connectivity index (χ2v) is 4.00. The first-order valence-corrected chi connectivity index (χ1v) is 5.26. The van der Waals surface area contributed by atoms with Crippen LogP contribution in [-0.4, -0.2) is 34.8 Å². The molecule has 1 atom stereocenters. The molecule has 0 aromatic carbocycles. The van der Waals surface area contributed by atoms with E-state index < -0.39 is 11.2 Å². The van der Waals surface area contributed by atoms with Gasteiger partial charge in [0.25, 0.3) is 5.56 Å². The van der Waals surface area contributed by atoms with Gasteiger partial charge in [0, 0.05) is 19.4 Å². The highest BCUT2D eigenvalue weighted by molar-refractivity contribution is 8.00. The first-order valence-electron chi connectivity index (χ1n) is 4.38. The fourth-order valence-electron chi connectivity index (χ4n) is 0.954. The number of aromatic amines is 1. The molecule has 1 aromatic rings. The SMILES string of the molecule is COCC(Sc1nccc(=O)[nH]1)C(=O)NN. The topological polar surface area (TPSA) is 110 Å². The number of H-pyrrole nitrogens is 1. The van der Waals surface area contributed by atoms with Crippen LogP contribution in [0.1, 0.15) is 0 Å². The van der Waals surface area contributed by atoms with Crippen LogP contribution in [-0.2, 0) is 9.53 Å². The number of thioether (sulfide) groups is 1. The predicted molar refractivity (Wildman–Crippen MR) is 58.7 cm³/mol. The molecule has 0 aliphatic carbocycles. The Hall–Kier alpha value is -1.38. The largest absolute Gasteiger partial charge is 0.383 e. The van der Waals surface area contributed by atoms with E-state index in [4.69, 9.17) is 10.6 Å². The van der Waals surface area contributed by atoms with E-state index in [0.29, 0.717) is 5.16 Å². The van der Waals surface area contributed by atoms with Crippen molar-refractivity contribution in [3.8, 4) is 0 Å². The summed E-state index contributed by atoms with van der Waals surface area (Å²) < 4.78 is 4.87. The molecule has 4 N–H and O–H groups in total. The van der Waals surface area contributed by atoms with Crippen molar-refractivity contribution in [2.24, 2.45) is 5.84 Å². The first-order chi connectivity index (χ1) is 7.67. The highest BCUT2D eigenvalue weighted by Gasteiger charge is 2.19. The van der Waals surface area contributed by atoms with Crippen molar-refractivity contribution in [3.05, 3.63) is 22.6 Å². The van der Waals surface area contributed by atoms with E-state index in [0.717, 1.165) is 11.8 Å². The number of hydrazine groups is 1. The molecule has 0 aliphatic heterocycles. The molecule has 0 bridgehead atoms. The van der Waals surface area contributed by atoms with Gasteiger partial charge in [-0.25, -0.2) is 10.8 Å². The Morgan fingerprint density at radius 2 is 2.56 bits per heavy atom. The average Bonchev–Trinajstić information content (AvgIpc) is 2.27. The van der Waals surface area contributed by atoms with E-state index in [-0.39, 0.29) is 12.2 Å². The van der Waals surface area contributed by atoms with E-state index in [1.165, 1.54) is 19.4 Å². The Balaban J connectivity index is 2.75. The lowest BCUT2D eigenvalue weighted by Crippen LogP contribution is -2.39. The van der Waals surface area contributed by atoms with Gasteiger partial charge in [-0.3, -0.25) is 15.0 Å². The lowest BCUT2D eigenvalue weighted by atomic mass is 10.4. The van der Waals surface area contributed by atoms with Gasteiger partial charge in [0.2, 0.25) is 5.91 Å². The molecular formula is C8H12N4O3S. The minimum Gasteiger partial charge on any atom is -0.383 e. The Morgan fingerprint density at radius 1 is 1.81 bits per heavy atom. The molecule has 0 aliphatic rings. The molecule has 1 aromatic heterocycles. The zero-order valence-corrected chi connectivity index (χ0v) is 9.41. The third kappa shape index (κ3) is 3.65. The molecule has 16 heavy (non-hydrogen) atoms.